The van der Waals surface area contributed by atoms with Crippen LogP contribution in [0.2, 0.25) is 0 Å². The van der Waals surface area contributed by atoms with E-state index in [2.05, 4.69) is 133 Å². The van der Waals surface area contributed by atoms with Crippen molar-refractivity contribution in [3.8, 4) is 0 Å². The first-order chi connectivity index (χ1) is 18.7. The number of aryl methyl sites for hydroxylation is 1. The highest BCUT2D eigenvalue weighted by Crippen LogP contribution is 2.61. The van der Waals surface area contributed by atoms with E-state index in [0.29, 0.717) is 24.2 Å². The lowest BCUT2D eigenvalue weighted by molar-refractivity contribution is 0.0687. The van der Waals surface area contributed by atoms with E-state index in [4.69, 9.17) is 0 Å². The monoisotopic (exact) mass is 498 g/mol. The summed E-state index contributed by atoms with van der Waals surface area (Å²) >= 11 is 0. The fourth-order valence-electron chi connectivity index (χ4n) is 8.20. The van der Waals surface area contributed by atoms with Crippen molar-refractivity contribution in [3.05, 3.63) is 137 Å². The molecule has 2 heteroatoms. The molecule has 2 aliphatic heterocycles. The highest BCUT2D eigenvalue weighted by atomic mass is 15.5. The van der Waals surface area contributed by atoms with Crippen LogP contribution in [0.3, 0.4) is 0 Å². The summed E-state index contributed by atoms with van der Waals surface area (Å²) in [6.07, 6.45) is 6.98. The second-order valence-corrected chi connectivity index (χ2v) is 11.6. The molecule has 0 radical (unpaired) electrons. The molecule has 2 unspecified atom stereocenters. The topological polar surface area (TPSA) is 6.48 Å². The van der Waals surface area contributed by atoms with Crippen LogP contribution in [-0.4, -0.2) is 17.1 Å². The highest BCUT2D eigenvalue weighted by molar-refractivity contribution is 5.63. The molecule has 192 valence electrons. The van der Waals surface area contributed by atoms with E-state index in [1.54, 1.807) is 0 Å². The molecule has 3 atom stereocenters. The molecule has 1 saturated heterocycles. The first-order valence-corrected chi connectivity index (χ1v) is 14.6. The second kappa shape index (κ2) is 9.43. The summed E-state index contributed by atoms with van der Waals surface area (Å²) in [6, 6.07) is 41.8. The number of hydrogen-bond acceptors (Lipinski definition) is 2. The van der Waals surface area contributed by atoms with Crippen molar-refractivity contribution >= 4 is 5.69 Å². The largest absolute Gasteiger partial charge is 0.351 e. The Balaban J connectivity index is 1.55. The van der Waals surface area contributed by atoms with Crippen LogP contribution >= 0.6 is 0 Å². The first-order valence-electron chi connectivity index (χ1n) is 14.6. The van der Waals surface area contributed by atoms with Gasteiger partial charge in [0, 0.05) is 11.7 Å². The lowest BCUT2D eigenvalue weighted by Gasteiger charge is -2.48. The Bertz CT molecular complexity index is 1370. The van der Waals surface area contributed by atoms with Gasteiger partial charge in [-0.1, -0.05) is 122 Å². The number of para-hydroxylation sites is 1. The predicted octanol–water partition coefficient (Wildman–Crippen LogP) is 8.46. The average molecular weight is 499 g/mol. The minimum absolute atomic E-state index is 0.318. The van der Waals surface area contributed by atoms with Crippen LogP contribution in [0.5, 0.6) is 0 Å². The average Bonchev–Trinajstić information content (AvgIpc) is 3.45. The van der Waals surface area contributed by atoms with Crippen molar-refractivity contribution in [3.63, 3.8) is 0 Å². The number of hydrogen-bond donors (Lipinski definition) is 0. The minimum Gasteiger partial charge on any atom is -0.351 e. The number of benzene rings is 4. The van der Waals surface area contributed by atoms with E-state index in [1.165, 1.54) is 65.6 Å². The maximum atomic E-state index is 2.97. The Kier molecular flexibility index (Phi) is 5.89. The van der Waals surface area contributed by atoms with E-state index in [-0.39, 0.29) is 5.54 Å². The van der Waals surface area contributed by atoms with Gasteiger partial charge in [-0.3, -0.25) is 4.90 Å². The third-order valence-electron chi connectivity index (χ3n) is 9.67. The summed E-state index contributed by atoms with van der Waals surface area (Å²) in [5.41, 5.74) is 8.14. The Labute approximate surface area is 227 Å². The molecule has 2 nitrogen and oxygen atoms in total. The molecule has 4 aromatic carbocycles. The summed E-state index contributed by atoms with van der Waals surface area (Å²) < 4.78 is 0. The summed E-state index contributed by atoms with van der Waals surface area (Å²) in [6.45, 7) is 4.77. The normalized spacial score (nSPS) is 24.8. The van der Waals surface area contributed by atoms with E-state index in [0.717, 1.165) is 0 Å². The molecule has 0 N–H and O–H groups in total. The number of fused-ring (bicyclic) bond motifs is 3. The summed E-state index contributed by atoms with van der Waals surface area (Å²) in [5, 5.41) is 0. The number of rotatable bonds is 4. The molecule has 38 heavy (non-hydrogen) atoms. The molecule has 0 spiro atoms. The summed E-state index contributed by atoms with van der Waals surface area (Å²) in [5.74, 6) is 0.636. The van der Waals surface area contributed by atoms with Crippen molar-refractivity contribution in [1.82, 2.24) is 4.90 Å². The van der Waals surface area contributed by atoms with Gasteiger partial charge in [0.2, 0.25) is 0 Å². The highest BCUT2D eigenvalue weighted by Gasteiger charge is 2.63. The van der Waals surface area contributed by atoms with Gasteiger partial charge in [-0.05, 0) is 66.5 Å². The fraction of sp³-hybridized carbons (Fsp3) is 0.333. The molecule has 0 amide bonds. The standard InChI is InChI=1S/C36H38N2/c1-26-16-12-15-25-33(26)37-27(2)34-31-23-13-14-24-32(31)36(29-19-8-4-9-20-29,30-21-10-5-11-22-30)38(34)35(37)28-17-6-3-7-18-28/h4-5,8-16,19-25,27-28,34-35H,3,6-7,17-18H2,1-2H3/t27-,34?,35?/m0/s1. The Morgan fingerprint density at radius 2 is 1.24 bits per heavy atom. The van der Waals surface area contributed by atoms with Gasteiger partial charge in [-0.2, -0.15) is 0 Å². The first kappa shape index (κ1) is 23.7. The zero-order chi connectivity index (χ0) is 25.7. The van der Waals surface area contributed by atoms with Gasteiger partial charge in [0.1, 0.15) is 0 Å². The molecule has 2 fully saturated rings. The van der Waals surface area contributed by atoms with Gasteiger partial charge in [-0.25, -0.2) is 0 Å². The molecule has 2 heterocycles. The maximum Gasteiger partial charge on any atom is 0.0998 e. The minimum atomic E-state index is -0.336. The van der Waals surface area contributed by atoms with Gasteiger partial charge < -0.3 is 4.90 Å². The molecule has 4 aromatic rings. The molecule has 1 aliphatic carbocycles. The number of nitrogens with zero attached hydrogens (tertiary/aromatic N) is 2. The lowest BCUT2D eigenvalue weighted by Crippen LogP contribution is -2.54. The molecule has 1 saturated carbocycles. The molecule has 7 rings (SSSR count). The summed E-state index contributed by atoms with van der Waals surface area (Å²) in [7, 11) is 0. The quantitative estimate of drug-likeness (QED) is 0.278. The van der Waals surface area contributed by atoms with Crippen molar-refractivity contribution in [2.75, 3.05) is 4.90 Å². The third-order valence-corrected chi connectivity index (χ3v) is 9.67. The van der Waals surface area contributed by atoms with Gasteiger partial charge in [0.15, 0.2) is 0 Å². The van der Waals surface area contributed by atoms with Gasteiger partial charge in [-0.15, -0.1) is 0 Å². The molecule has 3 aliphatic rings. The smallest absolute Gasteiger partial charge is 0.0998 e. The van der Waals surface area contributed by atoms with Crippen LogP contribution in [0.15, 0.2) is 109 Å². The van der Waals surface area contributed by atoms with Crippen molar-refractivity contribution in [2.24, 2.45) is 5.92 Å². The van der Waals surface area contributed by atoms with Crippen LogP contribution < -0.4 is 4.90 Å². The van der Waals surface area contributed by atoms with Crippen LogP contribution in [0.4, 0.5) is 5.69 Å². The van der Waals surface area contributed by atoms with Gasteiger partial charge >= 0.3 is 0 Å². The van der Waals surface area contributed by atoms with Crippen molar-refractivity contribution in [2.45, 2.75) is 69.7 Å². The summed E-state index contributed by atoms with van der Waals surface area (Å²) in [4.78, 5) is 5.79. The zero-order valence-corrected chi connectivity index (χ0v) is 22.6. The molecule has 0 aromatic heterocycles. The lowest BCUT2D eigenvalue weighted by atomic mass is 9.75. The molecule has 0 bridgehead atoms. The van der Waals surface area contributed by atoms with Gasteiger partial charge in [0.05, 0.1) is 17.7 Å². The fourth-order valence-corrected chi connectivity index (χ4v) is 8.20. The van der Waals surface area contributed by atoms with Gasteiger partial charge in [0.25, 0.3) is 0 Å². The Morgan fingerprint density at radius 1 is 0.658 bits per heavy atom. The molecular weight excluding hydrogens is 460 g/mol. The van der Waals surface area contributed by atoms with E-state index in [1.807, 2.05) is 0 Å². The van der Waals surface area contributed by atoms with Crippen LogP contribution in [-0.2, 0) is 5.54 Å². The Morgan fingerprint density at radius 3 is 1.89 bits per heavy atom. The van der Waals surface area contributed by atoms with E-state index in [9.17, 15) is 0 Å². The molecular formula is C36H38N2. The van der Waals surface area contributed by atoms with E-state index >= 15 is 0 Å². The van der Waals surface area contributed by atoms with Crippen LogP contribution in [0.1, 0.15) is 72.9 Å². The maximum absolute atomic E-state index is 2.97. The SMILES string of the molecule is Cc1ccccc1N1C(C2CCCCC2)N2C(c3ccccc3C2(c2ccccc2)c2ccccc2)[C@@H]1C. The van der Waals surface area contributed by atoms with Crippen molar-refractivity contribution < 1.29 is 0 Å². The zero-order valence-electron chi connectivity index (χ0n) is 22.6. The van der Waals surface area contributed by atoms with Crippen LogP contribution in [0, 0.1) is 12.8 Å². The Hall–Kier alpha value is -3.36. The second-order valence-electron chi connectivity index (χ2n) is 11.6. The predicted molar refractivity (Wildman–Crippen MR) is 157 cm³/mol. The third kappa shape index (κ3) is 3.36. The van der Waals surface area contributed by atoms with Crippen molar-refractivity contribution in [1.29, 1.82) is 0 Å². The van der Waals surface area contributed by atoms with Crippen LogP contribution in [0.25, 0.3) is 0 Å². The number of anilines is 1. The van der Waals surface area contributed by atoms with E-state index < -0.39 is 0 Å².